The van der Waals surface area contributed by atoms with Crippen LogP contribution in [0.25, 0.3) is 0 Å². The Bertz CT molecular complexity index is 734. The predicted octanol–water partition coefficient (Wildman–Crippen LogP) is 1.40. The second kappa shape index (κ2) is 7.55. The Morgan fingerprint density at radius 1 is 1.12 bits per heavy atom. The van der Waals surface area contributed by atoms with Crippen LogP contribution in [0.5, 0.6) is 0 Å². The maximum atomic E-state index is 9.56. The van der Waals surface area contributed by atoms with Crippen molar-refractivity contribution >= 4 is 11.8 Å². The number of rotatable bonds is 4. The molecule has 138 valence electrons. The number of aliphatic hydroxyl groups is 1. The second-order valence-corrected chi connectivity index (χ2v) is 7.27. The molecule has 0 spiro atoms. The van der Waals surface area contributed by atoms with Gasteiger partial charge in [0.1, 0.15) is 5.82 Å². The van der Waals surface area contributed by atoms with E-state index < -0.39 is 0 Å². The van der Waals surface area contributed by atoms with E-state index in [4.69, 9.17) is 5.73 Å². The highest BCUT2D eigenvalue weighted by molar-refractivity contribution is 5.45. The predicted molar refractivity (Wildman–Crippen MR) is 101 cm³/mol. The molecule has 26 heavy (non-hydrogen) atoms. The molecule has 7 heteroatoms. The molecular weight excluding hydrogens is 328 g/mol. The normalized spacial score (nSPS) is 24.1. The summed E-state index contributed by atoms with van der Waals surface area (Å²) in [5.41, 5.74) is 8.03. The van der Waals surface area contributed by atoms with Gasteiger partial charge in [-0.3, -0.25) is 9.88 Å². The van der Waals surface area contributed by atoms with E-state index in [-0.39, 0.29) is 6.10 Å². The molecule has 1 saturated carbocycles. The van der Waals surface area contributed by atoms with Gasteiger partial charge in [-0.1, -0.05) is 6.07 Å². The molecule has 1 saturated heterocycles. The Morgan fingerprint density at radius 3 is 2.77 bits per heavy atom. The van der Waals surface area contributed by atoms with Crippen molar-refractivity contribution in [1.82, 2.24) is 19.9 Å². The van der Waals surface area contributed by atoms with Crippen LogP contribution in [0.4, 0.5) is 11.8 Å². The van der Waals surface area contributed by atoms with Gasteiger partial charge >= 0.3 is 0 Å². The van der Waals surface area contributed by atoms with Crippen LogP contribution in [0.15, 0.2) is 30.5 Å². The first kappa shape index (κ1) is 17.2. The van der Waals surface area contributed by atoms with Gasteiger partial charge in [-0.05, 0) is 31.4 Å². The first-order valence-electron chi connectivity index (χ1n) is 9.37. The average molecular weight is 354 g/mol. The third kappa shape index (κ3) is 3.94. The molecular formula is C19H26N6O. The minimum Gasteiger partial charge on any atom is -0.393 e. The van der Waals surface area contributed by atoms with Gasteiger partial charge in [-0.2, -0.15) is 4.98 Å². The zero-order chi connectivity index (χ0) is 17.9. The van der Waals surface area contributed by atoms with Gasteiger partial charge in [0.05, 0.1) is 17.5 Å². The molecule has 0 aromatic carbocycles. The third-order valence-electron chi connectivity index (χ3n) is 5.31. The van der Waals surface area contributed by atoms with Gasteiger partial charge in [-0.25, -0.2) is 4.98 Å². The summed E-state index contributed by atoms with van der Waals surface area (Å²) in [6, 6.07) is 8.12. The van der Waals surface area contributed by atoms with Crippen molar-refractivity contribution in [1.29, 1.82) is 0 Å². The number of hydrogen-bond donors (Lipinski definition) is 2. The van der Waals surface area contributed by atoms with E-state index in [1.54, 1.807) is 0 Å². The first-order chi connectivity index (χ1) is 12.7. The van der Waals surface area contributed by atoms with Crippen LogP contribution in [0, 0.1) is 0 Å². The van der Waals surface area contributed by atoms with E-state index in [2.05, 4.69) is 36.9 Å². The van der Waals surface area contributed by atoms with E-state index in [1.807, 2.05) is 18.3 Å². The smallest absolute Gasteiger partial charge is 0.222 e. The molecule has 0 atom stereocenters. The summed E-state index contributed by atoms with van der Waals surface area (Å²) < 4.78 is 0. The van der Waals surface area contributed by atoms with Gasteiger partial charge in [-0.15, -0.1) is 0 Å². The van der Waals surface area contributed by atoms with E-state index in [9.17, 15) is 5.11 Å². The molecule has 0 radical (unpaired) electrons. The molecule has 2 fully saturated rings. The number of nitrogen functional groups attached to an aromatic ring is 1. The van der Waals surface area contributed by atoms with Crippen LogP contribution in [0.3, 0.4) is 0 Å². The van der Waals surface area contributed by atoms with Gasteiger partial charge in [0.15, 0.2) is 0 Å². The molecule has 4 rings (SSSR count). The zero-order valence-electron chi connectivity index (χ0n) is 15.0. The Morgan fingerprint density at radius 2 is 2.00 bits per heavy atom. The molecule has 1 aliphatic carbocycles. The molecule has 3 N–H and O–H groups in total. The molecule has 2 aromatic rings. The number of pyridine rings is 1. The van der Waals surface area contributed by atoms with E-state index >= 15 is 0 Å². The lowest BCUT2D eigenvalue weighted by Crippen LogP contribution is -2.32. The largest absolute Gasteiger partial charge is 0.393 e. The standard InChI is InChI=1S/C19H26N6O/c20-19-22-17(14-10-16(26)11-14)12-18(23-19)25-7-3-6-24(8-9-25)13-15-4-1-2-5-21-15/h1-2,4-5,12,14,16,26H,3,6-11,13H2,(H2,20,22,23). The molecule has 0 unspecified atom stereocenters. The highest BCUT2D eigenvalue weighted by Gasteiger charge is 2.30. The topological polar surface area (TPSA) is 91.4 Å². The fourth-order valence-electron chi connectivity index (χ4n) is 3.75. The second-order valence-electron chi connectivity index (χ2n) is 7.27. The van der Waals surface area contributed by atoms with Crippen LogP contribution >= 0.6 is 0 Å². The lowest BCUT2D eigenvalue weighted by atomic mass is 9.80. The van der Waals surface area contributed by atoms with Crippen molar-refractivity contribution in [2.45, 2.75) is 37.8 Å². The highest BCUT2D eigenvalue weighted by atomic mass is 16.3. The van der Waals surface area contributed by atoms with Crippen molar-refractivity contribution in [3.8, 4) is 0 Å². The van der Waals surface area contributed by atoms with Crippen LogP contribution < -0.4 is 10.6 Å². The zero-order valence-corrected chi connectivity index (χ0v) is 15.0. The van der Waals surface area contributed by atoms with Crippen molar-refractivity contribution < 1.29 is 5.11 Å². The van der Waals surface area contributed by atoms with Gasteiger partial charge in [0.25, 0.3) is 0 Å². The number of nitrogens with two attached hydrogens (primary N) is 1. The van der Waals surface area contributed by atoms with Gasteiger partial charge in [0, 0.05) is 50.9 Å². The minimum atomic E-state index is -0.196. The summed E-state index contributed by atoms with van der Waals surface area (Å²) in [5.74, 6) is 1.55. The van der Waals surface area contributed by atoms with Gasteiger partial charge < -0.3 is 15.7 Å². The Labute approximate surface area is 153 Å². The summed E-state index contributed by atoms with van der Waals surface area (Å²) in [7, 11) is 0. The monoisotopic (exact) mass is 354 g/mol. The molecule has 1 aliphatic heterocycles. The minimum absolute atomic E-state index is 0.196. The average Bonchev–Trinajstić information content (AvgIpc) is 2.85. The summed E-state index contributed by atoms with van der Waals surface area (Å²) in [5, 5.41) is 9.56. The van der Waals surface area contributed by atoms with Crippen LogP contribution in [-0.2, 0) is 6.54 Å². The summed E-state index contributed by atoms with van der Waals surface area (Å²) >= 11 is 0. The number of aliphatic hydroxyl groups excluding tert-OH is 1. The number of nitrogens with zero attached hydrogens (tertiary/aromatic N) is 5. The fourth-order valence-corrected chi connectivity index (χ4v) is 3.75. The molecule has 0 bridgehead atoms. The van der Waals surface area contributed by atoms with Crippen LogP contribution in [0.1, 0.15) is 36.6 Å². The maximum absolute atomic E-state index is 9.56. The molecule has 7 nitrogen and oxygen atoms in total. The number of anilines is 2. The Balaban J connectivity index is 1.42. The molecule has 0 amide bonds. The van der Waals surface area contributed by atoms with Crippen molar-refractivity contribution in [2.75, 3.05) is 36.8 Å². The molecule has 2 aliphatic rings. The maximum Gasteiger partial charge on any atom is 0.222 e. The van der Waals surface area contributed by atoms with Crippen molar-refractivity contribution in [3.63, 3.8) is 0 Å². The van der Waals surface area contributed by atoms with Crippen LogP contribution in [-0.4, -0.2) is 57.2 Å². The lowest BCUT2D eigenvalue weighted by molar-refractivity contribution is 0.0732. The summed E-state index contributed by atoms with van der Waals surface area (Å²) in [6.45, 7) is 4.77. The lowest BCUT2D eigenvalue weighted by Gasteiger charge is -2.31. The summed E-state index contributed by atoms with van der Waals surface area (Å²) in [4.78, 5) is 18.0. The number of aromatic nitrogens is 3. The Hall–Kier alpha value is -2.25. The third-order valence-corrected chi connectivity index (χ3v) is 5.31. The number of hydrogen-bond acceptors (Lipinski definition) is 7. The Kier molecular flexibility index (Phi) is 4.99. The molecule has 3 heterocycles. The SMILES string of the molecule is Nc1nc(C2CC(O)C2)cc(N2CCCN(Cc3ccccn3)CC2)n1. The van der Waals surface area contributed by atoms with Crippen molar-refractivity contribution in [3.05, 3.63) is 41.9 Å². The molecule has 2 aromatic heterocycles. The quantitative estimate of drug-likeness (QED) is 0.857. The fraction of sp³-hybridized carbons (Fsp3) is 0.526. The highest BCUT2D eigenvalue weighted by Crippen LogP contribution is 2.37. The van der Waals surface area contributed by atoms with Gasteiger partial charge in [0.2, 0.25) is 5.95 Å². The van der Waals surface area contributed by atoms with E-state index in [1.165, 1.54) is 0 Å². The van der Waals surface area contributed by atoms with E-state index in [0.717, 1.165) is 69.2 Å². The van der Waals surface area contributed by atoms with E-state index in [0.29, 0.717) is 11.9 Å². The van der Waals surface area contributed by atoms with Crippen molar-refractivity contribution in [2.24, 2.45) is 0 Å². The van der Waals surface area contributed by atoms with Crippen LogP contribution in [0.2, 0.25) is 0 Å². The first-order valence-corrected chi connectivity index (χ1v) is 9.37. The summed E-state index contributed by atoms with van der Waals surface area (Å²) in [6.07, 6.45) is 4.27.